The lowest BCUT2D eigenvalue weighted by Gasteiger charge is -2.26. The molecule has 1 aromatic heterocycles. The van der Waals surface area contributed by atoms with Crippen LogP contribution in [0.5, 0.6) is 0 Å². The summed E-state index contributed by atoms with van der Waals surface area (Å²) in [6.07, 6.45) is 0.822. The highest BCUT2D eigenvalue weighted by Gasteiger charge is 2.27. The van der Waals surface area contributed by atoms with E-state index in [2.05, 4.69) is 24.0 Å². The number of anilines is 1. The molecule has 1 saturated heterocycles. The third kappa shape index (κ3) is 5.64. The number of nitrogens with zero attached hydrogens (tertiary/aromatic N) is 5. The highest BCUT2D eigenvalue weighted by Crippen LogP contribution is 2.31. The Labute approximate surface area is 216 Å². The number of ether oxygens (including phenoxy) is 1. The smallest absolute Gasteiger partial charge is 0.243 e. The molecule has 1 aliphatic rings. The molecule has 1 amide bonds. The molecule has 0 N–H and O–H groups in total. The zero-order chi connectivity index (χ0) is 25.7. The minimum Gasteiger partial charge on any atom is -0.379 e. The van der Waals surface area contributed by atoms with E-state index in [9.17, 15) is 13.2 Å². The highest BCUT2D eigenvalue weighted by molar-refractivity contribution is 7.99. The fourth-order valence-electron chi connectivity index (χ4n) is 3.90. The summed E-state index contributed by atoms with van der Waals surface area (Å²) in [6, 6.07) is 16.3. The van der Waals surface area contributed by atoms with Crippen molar-refractivity contribution in [3.05, 3.63) is 54.6 Å². The fraction of sp³-hybridized carbons (Fsp3) is 0.400. The summed E-state index contributed by atoms with van der Waals surface area (Å²) >= 11 is 1.33. The Bertz CT molecular complexity index is 1290. The van der Waals surface area contributed by atoms with Gasteiger partial charge in [0.05, 0.1) is 23.9 Å². The SMILES string of the molecule is CCC(C)n1c(SCC(=O)N(C)c2ccccc2)nnc1-c1cccc(S(=O)(=O)N2CCOCC2)c1. The molecular formula is C25H31N5O4S2. The van der Waals surface area contributed by atoms with Crippen molar-refractivity contribution in [1.82, 2.24) is 19.1 Å². The number of carbonyl (C=O) groups excluding carboxylic acids is 1. The van der Waals surface area contributed by atoms with Crippen LogP contribution in [-0.4, -0.2) is 72.5 Å². The predicted octanol–water partition coefficient (Wildman–Crippen LogP) is 3.69. The van der Waals surface area contributed by atoms with E-state index in [-0.39, 0.29) is 22.6 Å². The maximum atomic E-state index is 13.2. The van der Waals surface area contributed by atoms with E-state index in [0.29, 0.717) is 42.8 Å². The summed E-state index contributed by atoms with van der Waals surface area (Å²) in [5, 5.41) is 9.41. The van der Waals surface area contributed by atoms with E-state index >= 15 is 0 Å². The van der Waals surface area contributed by atoms with Crippen LogP contribution in [0.15, 0.2) is 64.6 Å². The van der Waals surface area contributed by atoms with Crippen LogP contribution >= 0.6 is 11.8 Å². The lowest BCUT2D eigenvalue weighted by molar-refractivity contribution is -0.115. The number of morpholine rings is 1. The number of aromatic nitrogens is 3. The van der Waals surface area contributed by atoms with Gasteiger partial charge in [-0.15, -0.1) is 10.2 Å². The summed E-state index contributed by atoms with van der Waals surface area (Å²) < 4.78 is 35.1. The van der Waals surface area contributed by atoms with Gasteiger partial charge in [0.25, 0.3) is 0 Å². The minimum atomic E-state index is -3.64. The second-order valence-corrected chi connectivity index (χ2v) is 11.4. The Balaban J connectivity index is 1.59. The quantitative estimate of drug-likeness (QED) is 0.390. The standard InChI is InChI=1S/C25H31N5O4S2/c1-4-19(2)30-24(20-9-8-12-22(17-20)36(32,33)29-13-15-34-16-14-29)26-27-25(30)35-18-23(31)28(3)21-10-6-5-7-11-21/h5-12,17,19H,4,13-16,18H2,1-3H3. The average molecular weight is 530 g/mol. The van der Waals surface area contributed by atoms with Crippen LogP contribution in [-0.2, 0) is 19.6 Å². The fourth-order valence-corrected chi connectivity index (χ4v) is 6.31. The van der Waals surface area contributed by atoms with Crippen molar-refractivity contribution >= 4 is 33.4 Å². The van der Waals surface area contributed by atoms with Gasteiger partial charge in [0.15, 0.2) is 11.0 Å². The van der Waals surface area contributed by atoms with Gasteiger partial charge in [-0.1, -0.05) is 49.0 Å². The molecule has 1 unspecified atom stereocenters. The molecule has 11 heteroatoms. The third-order valence-corrected chi connectivity index (χ3v) is 9.06. The number of benzene rings is 2. The summed E-state index contributed by atoms with van der Waals surface area (Å²) in [5.74, 6) is 0.727. The summed E-state index contributed by atoms with van der Waals surface area (Å²) in [6.45, 7) is 5.57. The van der Waals surface area contributed by atoms with E-state index in [1.807, 2.05) is 41.0 Å². The zero-order valence-corrected chi connectivity index (χ0v) is 22.3. The molecule has 0 bridgehead atoms. The molecule has 36 heavy (non-hydrogen) atoms. The molecule has 4 rings (SSSR count). The van der Waals surface area contributed by atoms with Crippen molar-refractivity contribution < 1.29 is 17.9 Å². The van der Waals surface area contributed by atoms with Crippen LogP contribution in [0.3, 0.4) is 0 Å². The molecule has 1 aliphatic heterocycles. The maximum absolute atomic E-state index is 13.2. The first-order chi connectivity index (χ1) is 17.3. The number of carbonyl (C=O) groups is 1. The van der Waals surface area contributed by atoms with Crippen molar-refractivity contribution in [3.63, 3.8) is 0 Å². The molecule has 0 saturated carbocycles. The Morgan fingerprint density at radius 1 is 1.11 bits per heavy atom. The molecule has 2 aromatic carbocycles. The van der Waals surface area contributed by atoms with E-state index in [0.717, 1.165) is 12.1 Å². The van der Waals surface area contributed by atoms with Crippen LogP contribution in [0.1, 0.15) is 26.3 Å². The first kappa shape index (κ1) is 26.3. The van der Waals surface area contributed by atoms with Crippen molar-refractivity contribution in [2.45, 2.75) is 36.4 Å². The Morgan fingerprint density at radius 3 is 2.53 bits per heavy atom. The second kappa shape index (κ2) is 11.5. The van der Waals surface area contributed by atoms with Crippen molar-refractivity contribution in [2.24, 2.45) is 0 Å². The van der Waals surface area contributed by atoms with E-state index in [1.54, 1.807) is 30.1 Å². The van der Waals surface area contributed by atoms with Gasteiger partial charge >= 0.3 is 0 Å². The maximum Gasteiger partial charge on any atom is 0.243 e. The summed E-state index contributed by atoms with van der Waals surface area (Å²) in [7, 11) is -1.89. The van der Waals surface area contributed by atoms with Gasteiger partial charge in [0.2, 0.25) is 15.9 Å². The molecule has 1 fully saturated rings. The third-order valence-electron chi connectivity index (χ3n) is 6.24. The molecule has 9 nitrogen and oxygen atoms in total. The van der Waals surface area contributed by atoms with Gasteiger partial charge in [-0.2, -0.15) is 4.31 Å². The van der Waals surface area contributed by atoms with Crippen LogP contribution in [0.4, 0.5) is 5.69 Å². The number of hydrogen-bond acceptors (Lipinski definition) is 7. The Kier molecular flexibility index (Phi) is 8.45. The number of thioether (sulfide) groups is 1. The highest BCUT2D eigenvalue weighted by atomic mass is 32.2. The van der Waals surface area contributed by atoms with Crippen LogP contribution < -0.4 is 4.90 Å². The van der Waals surface area contributed by atoms with E-state index in [1.165, 1.54) is 16.1 Å². The second-order valence-electron chi connectivity index (χ2n) is 8.55. The zero-order valence-electron chi connectivity index (χ0n) is 20.7. The van der Waals surface area contributed by atoms with Crippen LogP contribution in [0.2, 0.25) is 0 Å². The number of sulfonamides is 1. The molecule has 192 valence electrons. The Morgan fingerprint density at radius 2 is 1.83 bits per heavy atom. The molecule has 3 aromatic rings. The van der Waals surface area contributed by atoms with Gasteiger partial charge in [-0.05, 0) is 37.6 Å². The lowest BCUT2D eigenvalue weighted by Crippen LogP contribution is -2.40. The first-order valence-corrected chi connectivity index (χ1v) is 14.3. The molecular weight excluding hydrogens is 498 g/mol. The molecule has 0 aliphatic carbocycles. The van der Waals surface area contributed by atoms with Gasteiger partial charge < -0.3 is 9.64 Å². The summed E-state index contributed by atoms with van der Waals surface area (Å²) in [5.41, 5.74) is 1.49. The molecule has 0 spiro atoms. The van der Waals surface area contributed by atoms with Crippen molar-refractivity contribution in [2.75, 3.05) is 44.0 Å². The van der Waals surface area contributed by atoms with Gasteiger partial charge in [0, 0.05) is 37.4 Å². The van der Waals surface area contributed by atoms with Crippen molar-refractivity contribution in [1.29, 1.82) is 0 Å². The van der Waals surface area contributed by atoms with Crippen LogP contribution in [0, 0.1) is 0 Å². The van der Waals surface area contributed by atoms with Gasteiger partial charge in [0.1, 0.15) is 0 Å². The minimum absolute atomic E-state index is 0.0509. The van der Waals surface area contributed by atoms with E-state index in [4.69, 9.17) is 4.74 Å². The number of hydrogen-bond donors (Lipinski definition) is 0. The van der Waals surface area contributed by atoms with Crippen molar-refractivity contribution in [3.8, 4) is 11.4 Å². The molecule has 2 heterocycles. The molecule has 1 atom stereocenters. The normalized spacial score (nSPS) is 15.5. The molecule has 0 radical (unpaired) electrons. The van der Waals surface area contributed by atoms with Gasteiger partial charge in [-0.25, -0.2) is 8.42 Å². The first-order valence-electron chi connectivity index (χ1n) is 11.9. The number of rotatable bonds is 9. The monoisotopic (exact) mass is 529 g/mol. The Hall–Kier alpha value is -2.73. The topological polar surface area (TPSA) is 97.6 Å². The summed E-state index contributed by atoms with van der Waals surface area (Å²) in [4.78, 5) is 14.7. The van der Waals surface area contributed by atoms with Gasteiger partial charge in [-0.3, -0.25) is 9.36 Å². The lowest BCUT2D eigenvalue weighted by atomic mass is 10.2. The number of amides is 1. The largest absolute Gasteiger partial charge is 0.379 e. The number of para-hydroxylation sites is 1. The average Bonchev–Trinajstić information content (AvgIpc) is 3.36. The predicted molar refractivity (Wildman–Crippen MR) is 141 cm³/mol. The van der Waals surface area contributed by atoms with E-state index < -0.39 is 10.0 Å². The van der Waals surface area contributed by atoms with Crippen LogP contribution in [0.25, 0.3) is 11.4 Å².